The van der Waals surface area contributed by atoms with Gasteiger partial charge < -0.3 is 9.64 Å². The zero-order chi connectivity index (χ0) is 15.4. The maximum absolute atomic E-state index is 14.0. The fourth-order valence-electron chi connectivity index (χ4n) is 2.86. The van der Waals surface area contributed by atoms with E-state index in [1.165, 1.54) is 13.2 Å². The van der Waals surface area contributed by atoms with Gasteiger partial charge in [0.25, 0.3) is 0 Å². The molecule has 0 spiro atoms. The molecule has 1 aromatic rings. The molecule has 0 saturated carbocycles. The molecule has 0 aliphatic carbocycles. The summed E-state index contributed by atoms with van der Waals surface area (Å²) in [4.78, 5) is 14.2. The van der Waals surface area contributed by atoms with Gasteiger partial charge in [0.2, 0.25) is 5.91 Å². The van der Waals surface area contributed by atoms with Crippen molar-refractivity contribution in [1.29, 1.82) is 0 Å². The number of methoxy groups -OCH3 is 1. The summed E-state index contributed by atoms with van der Waals surface area (Å²) < 4.78 is 19.2. The predicted octanol–water partition coefficient (Wildman–Crippen LogP) is 2.50. The van der Waals surface area contributed by atoms with Gasteiger partial charge in [-0.25, -0.2) is 4.39 Å². The van der Waals surface area contributed by atoms with Gasteiger partial charge in [-0.05, 0) is 38.8 Å². The normalized spacial score (nSPS) is 17.6. The molecular weight excluding hydrogens is 271 g/mol. The molecule has 1 N–H and O–H groups in total. The molecule has 21 heavy (non-hydrogen) atoms. The maximum atomic E-state index is 14.0. The van der Waals surface area contributed by atoms with E-state index in [9.17, 15) is 9.18 Å². The molecule has 116 valence electrons. The summed E-state index contributed by atoms with van der Waals surface area (Å²) in [5, 5.41) is 3.18. The van der Waals surface area contributed by atoms with Crippen molar-refractivity contribution in [3.63, 3.8) is 0 Å². The summed E-state index contributed by atoms with van der Waals surface area (Å²) in [5.41, 5.74) is 0.459. The molecule has 1 saturated heterocycles. The number of benzene rings is 1. The number of carbonyl (C=O) groups is 1. The van der Waals surface area contributed by atoms with E-state index in [4.69, 9.17) is 4.74 Å². The third-order valence-corrected chi connectivity index (χ3v) is 3.95. The highest BCUT2D eigenvalue weighted by Gasteiger charge is 2.26. The first-order valence-corrected chi connectivity index (χ1v) is 7.41. The van der Waals surface area contributed by atoms with E-state index in [2.05, 4.69) is 5.32 Å². The molecule has 4 nitrogen and oxygen atoms in total. The predicted molar refractivity (Wildman–Crippen MR) is 79.8 cm³/mol. The molecule has 1 fully saturated rings. The maximum Gasteiger partial charge on any atom is 0.239 e. The SMILES string of the molecule is COc1cccc(F)c1C(C)NC(C)C(=O)N1CCCC1. The van der Waals surface area contributed by atoms with E-state index in [-0.39, 0.29) is 23.8 Å². The number of carbonyl (C=O) groups excluding carboxylic acids is 1. The monoisotopic (exact) mass is 294 g/mol. The minimum Gasteiger partial charge on any atom is -0.496 e. The van der Waals surface area contributed by atoms with Gasteiger partial charge in [0.15, 0.2) is 0 Å². The van der Waals surface area contributed by atoms with Crippen LogP contribution in [0, 0.1) is 5.82 Å². The first kappa shape index (κ1) is 15.8. The zero-order valence-corrected chi connectivity index (χ0v) is 12.9. The molecule has 0 bridgehead atoms. The van der Waals surface area contributed by atoms with Gasteiger partial charge in [0.05, 0.1) is 13.2 Å². The van der Waals surface area contributed by atoms with Crippen molar-refractivity contribution in [3.05, 3.63) is 29.6 Å². The smallest absolute Gasteiger partial charge is 0.239 e. The Morgan fingerprint density at radius 1 is 1.33 bits per heavy atom. The van der Waals surface area contributed by atoms with Crippen LogP contribution < -0.4 is 10.1 Å². The van der Waals surface area contributed by atoms with Crippen molar-refractivity contribution in [3.8, 4) is 5.75 Å². The van der Waals surface area contributed by atoms with Crippen LogP contribution in [0.1, 0.15) is 38.3 Å². The van der Waals surface area contributed by atoms with Crippen molar-refractivity contribution in [2.75, 3.05) is 20.2 Å². The molecule has 1 heterocycles. The van der Waals surface area contributed by atoms with Gasteiger partial charge in [-0.1, -0.05) is 6.07 Å². The molecule has 1 aliphatic heterocycles. The van der Waals surface area contributed by atoms with E-state index in [0.29, 0.717) is 11.3 Å². The van der Waals surface area contributed by atoms with E-state index >= 15 is 0 Å². The molecule has 2 unspecified atom stereocenters. The highest BCUT2D eigenvalue weighted by atomic mass is 19.1. The molecule has 0 aromatic heterocycles. The Bertz CT molecular complexity index is 501. The molecule has 1 amide bonds. The van der Waals surface area contributed by atoms with Crippen LogP contribution in [0.25, 0.3) is 0 Å². The Morgan fingerprint density at radius 3 is 2.62 bits per heavy atom. The number of ether oxygens (including phenoxy) is 1. The Labute approximate surface area is 125 Å². The molecule has 0 radical (unpaired) electrons. The molecule has 2 atom stereocenters. The molecule has 1 aromatic carbocycles. The second kappa shape index (κ2) is 6.89. The molecule has 5 heteroatoms. The summed E-state index contributed by atoms with van der Waals surface area (Å²) in [6.45, 7) is 5.31. The highest BCUT2D eigenvalue weighted by Crippen LogP contribution is 2.28. The largest absolute Gasteiger partial charge is 0.496 e. The number of hydrogen-bond acceptors (Lipinski definition) is 3. The lowest BCUT2D eigenvalue weighted by Gasteiger charge is -2.25. The minimum absolute atomic E-state index is 0.0784. The van der Waals surface area contributed by atoms with Crippen molar-refractivity contribution < 1.29 is 13.9 Å². The van der Waals surface area contributed by atoms with Crippen LogP contribution in [-0.4, -0.2) is 37.0 Å². The summed E-state index contributed by atoms with van der Waals surface area (Å²) in [6.07, 6.45) is 2.13. The third-order valence-electron chi connectivity index (χ3n) is 3.95. The number of likely N-dealkylation sites (tertiary alicyclic amines) is 1. The van der Waals surface area contributed by atoms with Crippen LogP contribution in [0.15, 0.2) is 18.2 Å². The van der Waals surface area contributed by atoms with Gasteiger partial charge in [0, 0.05) is 24.7 Å². The zero-order valence-electron chi connectivity index (χ0n) is 12.9. The van der Waals surface area contributed by atoms with Crippen LogP contribution in [0.2, 0.25) is 0 Å². The Morgan fingerprint density at radius 2 is 2.00 bits per heavy atom. The lowest BCUT2D eigenvalue weighted by atomic mass is 10.1. The van der Waals surface area contributed by atoms with Crippen LogP contribution in [0.3, 0.4) is 0 Å². The number of hydrogen-bond donors (Lipinski definition) is 1. The lowest BCUT2D eigenvalue weighted by molar-refractivity contribution is -0.132. The van der Waals surface area contributed by atoms with Gasteiger partial charge in [0.1, 0.15) is 11.6 Å². The Kier molecular flexibility index (Phi) is 5.17. The first-order valence-electron chi connectivity index (χ1n) is 7.41. The number of rotatable bonds is 5. The second-order valence-electron chi connectivity index (χ2n) is 5.50. The van der Waals surface area contributed by atoms with E-state index in [0.717, 1.165) is 25.9 Å². The van der Waals surface area contributed by atoms with Gasteiger partial charge in [-0.15, -0.1) is 0 Å². The van der Waals surface area contributed by atoms with Crippen LogP contribution in [0.5, 0.6) is 5.75 Å². The lowest BCUT2D eigenvalue weighted by Crippen LogP contribution is -2.44. The quantitative estimate of drug-likeness (QED) is 0.907. The summed E-state index contributed by atoms with van der Waals surface area (Å²) in [6, 6.07) is 4.10. The summed E-state index contributed by atoms with van der Waals surface area (Å²) >= 11 is 0. The van der Waals surface area contributed by atoms with Crippen LogP contribution in [0.4, 0.5) is 4.39 Å². The first-order chi connectivity index (χ1) is 10.0. The highest BCUT2D eigenvalue weighted by molar-refractivity contribution is 5.81. The summed E-state index contributed by atoms with van der Waals surface area (Å²) in [5.74, 6) is 0.251. The van der Waals surface area contributed by atoms with Crippen molar-refractivity contribution in [2.45, 2.75) is 38.8 Å². The van der Waals surface area contributed by atoms with E-state index < -0.39 is 0 Å². The number of nitrogens with one attached hydrogen (secondary N) is 1. The van der Waals surface area contributed by atoms with Gasteiger partial charge in [-0.2, -0.15) is 0 Å². The van der Waals surface area contributed by atoms with Crippen LogP contribution in [-0.2, 0) is 4.79 Å². The molecular formula is C16H23FN2O2. The minimum atomic E-state index is -0.345. The second-order valence-corrected chi connectivity index (χ2v) is 5.50. The molecule has 1 aliphatic rings. The average Bonchev–Trinajstić information content (AvgIpc) is 2.99. The van der Waals surface area contributed by atoms with Crippen LogP contribution >= 0.6 is 0 Å². The van der Waals surface area contributed by atoms with E-state index in [1.807, 2.05) is 18.7 Å². The number of halogens is 1. The van der Waals surface area contributed by atoms with Gasteiger partial charge in [-0.3, -0.25) is 10.1 Å². The van der Waals surface area contributed by atoms with Crippen molar-refractivity contribution in [2.24, 2.45) is 0 Å². The van der Waals surface area contributed by atoms with E-state index in [1.54, 1.807) is 12.1 Å². The van der Waals surface area contributed by atoms with Crippen molar-refractivity contribution in [1.82, 2.24) is 10.2 Å². The molecule has 2 rings (SSSR count). The number of amides is 1. The van der Waals surface area contributed by atoms with Crippen molar-refractivity contribution >= 4 is 5.91 Å². The fourth-order valence-corrected chi connectivity index (χ4v) is 2.86. The summed E-state index contributed by atoms with van der Waals surface area (Å²) in [7, 11) is 1.52. The fraction of sp³-hybridized carbons (Fsp3) is 0.562. The third kappa shape index (κ3) is 3.53. The topological polar surface area (TPSA) is 41.6 Å². The standard InChI is InChI=1S/C16H23FN2O2/c1-11(15-13(17)7-6-8-14(15)21-3)18-12(2)16(20)19-9-4-5-10-19/h6-8,11-12,18H,4-5,9-10H2,1-3H3. The Balaban J connectivity index is 2.07. The van der Waals surface area contributed by atoms with Gasteiger partial charge >= 0.3 is 0 Å². The number of nitrogens with zero attached hydrogens (tertiary/aromatic N) is 1. The average molecular weight is 294 g/mol. The Hall–Kier alpha value is -1.62.